The van der Waals surface area contributed by atoms with Gasteiger partial charge in [0.1, 0.15) is 12.0 Å². The summed E-state index contributed by atoms with van der Waals surface area (Å²) in [6, 6.07) is 1.75. The zero-order chi connectivity index (χ0) is 12.5. The van der Waals surface area contributed by atoms with E-state index in [4.69, 9.17) is 0 Å². The fraction of sp³-hybridized carbons (Fsp3) is 0.583. The van der Waals surface area contributed by atoms with Crippen molar-refractivity contribution in [3.8, 4) is 0 Å². The lowest BCUT2D eigenvalue weighted by Gasteiger charge is -2.25. The Bertz CT molecular complexity index is 439. The summed E-state index contributed by atoms with van der Waals surface area (Å²) in [6.45, 7) is 3.92. The third kappa shape index (κ3) is 2.54. The number of aryl methyl sites for hydroxylation is 1. The van der Waals surface area contributed by atoms with Gasteiger partial charge in [-0.1, -0.05) is 12.8 Å². The van der Waals surface area contributed by atoms with Crippen molar-refractivity contribution in [2.45, 2.75) is 45.1 Å². The van der Waals surface area contributed by atoms with E-state index < -0.39 is 4.92 Å². The van der Waals surface area contributed by atoms with Gasteiger partial charge in [0.25, 0.3) is 5.69 Å². The number of rotatable bonds is 3. The summed E-state index contributed by atoms with van der Waals surface area (Å²) in [5.41, 5.74) is 0.816. The van der Waals surface area contributed by atoms with Gasteiger partial charge in [0, 0.05) is 11.1 Å². The third-order valence-corrected chi connectivity index (χ3v) is 3.42. The number of hydrogen-bond acceptors (Lipinski definition) is 4. The molecule has 0 radical (unpaired) electrons. The lowest BCUT2D eigenvalue weighted by Crippen LogP contribution is -2.31. The summed E-state index contributed by atoms with van der Waals surface area (Å²) in [4.78, 5) is 14.4. The smallest absolute Gasteiger partial charge is 0.290 e. The summed E-state index contributed by atoms with van der Waals surface area (Å²) < 4.78 is 0. The topological polar surface area (TPSA) is 68.1 Å². The van der Waals surface area contributed by atoms with Crippen LogP contribution in [0, 0.1) is 17.0 Å². The van der Waals surface area contributed by atoms with Gasteiger partial charge in [-0.05, 0) is 32.8 Å². The average Bonchev–Trinajstić information content (AvgIpc) is 2.64. The molecular weight excluding hydrogens is 218 g/mol. The summed E-state index contributed by atoms with van der Waals surface area (Å²) in [6.07, 6.45) is 6.05. The van der Waals surface area contributed by atoms with E-state index in [0.717, 1.165) is 18.7 Å². The molecule has 5 heteroatoms. The molecule has 0 aliphatic heterocycles. The highest BCUT2D eigenvalue weighted by Gasteiger charge is 2.28. The van der Waals surface area contributed by atoms with Crippen LogP contribution in [0.25, 0.3) is 0 Å². The molecule has 2 rings (SSSR count). The van der Waals surface area contributed by atoms with Crippen LogP contribution in [-0.2, 0) is 0 Å². The van der Waals surface area contributed by atoms with Crippen LogP contribution < -0.4 is 5.32 Å². The van der Waals surface area contributed by atoms with E-state index in [2.05, 4.69) is 17.2 Å². The van der Waals surface area contributed by atoms with Gasteiger partial charge in [-0.2, -0.15) is 0 Å². The second kappa shape index (κ2) is 4.31. The maximum atomic E-state index is 10.7. The fourth-order valence-electron chi connectivity index (χ4n) is 2.40. The van der Waals surface area contributed by atoms with Gasteiger partial charge < -0.3 is 5.32 Å². The van der Waals surface area contributed by atoms with Crippen molar-refractivity contribution >= 4 is 11.5 Å². The Morgan fingerprint density at radius 2 is 2.12 bits per heavy atom. The summed E-state index contributed by atoms with van der Waals surface area (Å²) >= 11 is 0. The van der Waals surface area contributed by atoms with E-state index in [9.17, 15) is 10.1 Å². The molecule has 0 aromatic carbocycles. The predicted octanol–water partition coefficient (Wildman–Crippen LogP) is 3.04. The molecule has 5 nitrogen and oxygen atoms in total. The monoisotopic (exact) mass is 235 g/mol. The molecule has 17 heavy (non-hydrogen) atoms. The van der Waals surface area contributed by atoms with Crippen LogP contribution in [0.5, 0.6) is 0 Å². The SMILES string of the molecule is Cc1cc(NC2(C)CCCC2)ncc1[N+](=O)[O-]. The molecule has 0 spiro atoms. The third-order valence-electron chi connectivity index (χ3n) is 3.42. The van der Waals surface area contributed by atoms with Gasteiger partial charge in [0.05, 0.1) is 4.92 Å². The van der Waals surface area contributed by atoms with Crippen LogP contribution in [0.3, 0.4) is 0 Å². The van der Waals surface area contributed by atoms with Crippen molar-refractivity contribution in [1.29, 1.82) is 0 Å². The van der Waals surface area contributed by atoms with Crippen LogP contribution >= 0.6 is 0 Å². The molecular formula is C12H17N3O2. The van der Waals surface area contributed by atoms with E-state index >= 15 is 0 Å². The van der Waals surface area contributed by atoms with E-state index in [1.807, 2.05) is 0 Å². The average molecular weight is 235 g/mol. The molecule has 1 N–H and O–H groups in total. The Morgan fingerprint density at radius 3 is 2.65 bits per heavy atom. The molecule has 1 aliphatic carbocycles. The van der Waals surface area contributed by atoms with Crippen LogP contribution in [-0.4, -0.2) is 15.4 Å². The molecule has 0 bridgehead atoms. The van der Waals surface area contributed by atoms with Gasteiger partial charge in [0.15, 0.2) is 0 Å². The van der Waals surface area contributed by atoms with Gasteiger partial charge in [-0.25, -0.2) is 4.98 Å². The minimum absolute atomic E-state index is 0.0760. The first-order chi connectivity index (χ1) is 8.00. The molecule has 1 aromatic rings. The van der Waals surface area contributed by atoms with Gasteiger partial charge >= 0.3 is 0 Å². The second-order valence-electron chi connectivity index (χ2n) is 5.01. The number of hydrogen-bond donors (Lipinski definition) is 1. The van der Waals surface area contributed by atoms with Gasteiger partial charge in [-0.3, -0.25) is 10.1 Å². The van der Waals surface area contributed by atoms with Crippen LogP contribution in [0.15, 0.2) is 12.3 Å². The van der Waals surface area contributed by atoms with Crippen molar-refractivity contribution in [3.63, 3.8) is 0 Å². The highest BCUT2D eigenvalue weighted by molar-refractivity contribution is 5.48. The number of pyridine rings is 1. The normalized spacial score (nSPS) is 18.0. The van der Waals surface area contributed by atoms with E-state index in [1.54, 1.807) is 13.0 Å². The van der Waals surface area contributed by atoms with Crippen molar-refractivity contribution in [1.82, 2.24) is 4.98 Å². The Labute approximate surface area is 100 Å². The number of anilines is 1. The number of nitro groups is 1. The Balaban J connectivity index is 2.17. The minimum Gasteiger partial charge on any atom is -0.365 e. The molecule has 1 saturated carbocycles. The van der Waals surface area contributed by atoms with Gasteiger partial charge in [0.2, 0.25) is 0 Å². The standard InChI is InChI=1S/C12H17N3O2/c1-9-7-11(13-8-10(9)15(16)17)14-12(2)5-3-4-6-12/h7-8H,3-6H2,1-2H3,(H,13,14). The van der Waals surface area contributed by atoms with Crippen molar-refractivity contribution < 1.29 is 4.92 Å². The summed E-state index contributed by atoms with van der Waals surface area (Å²) in [5.74, 6) is 0.734. The molecule has 1 aliphatic rings. The van der Waals surface area contributed by atoms with E-state index in [-0.39, 0.29) is 11.2 Å². The molecule has 1 fully saturated rings. The number of nitrogens with one attached hydrogen (secondary N) is 1. The van der Waals surface area contributed by atoms with Crippen molar-refractivity contribution in [3.05, 3.63) is 27.9 Å². The predicted molar refractivity (Wildman–Crippen MR) is 66.1 cm³/mol. The Kier molecular flexibility index (Phi) is 3.00. The Hall–Kier alpha value is -1.65. The molecule has 0 saturated heterocycles. The molecule has 1 heterocycles. The maximum absolute atomic E-state index is 10.7. The van der Waals surface area contributed by atoms with Crippen LogP contribution in [0.1, 0.15) is 38.2 Å². The molecule has 1 aromatic heterocycles. The van der Waals surface area contributed by atoms with Crippen molar-refractivity contribution in [2.24, 2.45) is 0 Å². The zero-order valence-corrected chi connectivity index (χ0v) is 10.2. The summed E-state index contributed by atoms with van der Waals surface area (Å²) in [7, 11) is 0. The first kappa shape index (κ1) is 11.8. The van der Waals surface area contributed by atoms with Crippen LogP contribution in [0.2, 0.25) is 0 Å². The largest absolute Gasteiger partial charge is 0.365 e. The molecule has 92 valence electrons. The van der Waals surface area contributed by atoms with E-state index in [1.165, 1.54) is 19.0 Å². The zero-order valence-electron chi connectivity index (χ0n) is 10.2. The highest BCUT2D eigenvalue weighted by atomic mass is 16.6. The lowest BCUT2D eigenvalue weighted by atomic mass is 10.0. The molecule has 0 amide bonds. The van der Waals surface area contributed by atoms with Crippen LogP contribution in [0.4, 0.5) is 11.5 Å². The Morgan fingerprint density at radius 1 is 1.47 bits per heavy atom. The quantitative estimate of drug-likeness (QED) is 0.645. The molecule has 0 unspecified atom stereocenters. The highest BCUT2D eigenvalue weighted by Crippen LogP contribution is 2.32. The maximum Gasteiger partial charge on any atom is 0.290 e. The fourth-order valence-corrected chi connectivity index (χ4v) is 2.40. The van der Waals surface area contributed by atoms with Gasteiger partial charge in [-0.15, -0.1) is 0 Å². The second-order valence-corrected chi connectivity index (χ2v) is 5.01. The molecule has 0 atom stereocenters. The summed E-state index contributed by atoms with van der Waals surface area (Å²) in [5, 5.41) is 14.1. The number of nitrogens with zero attached hydrogens (tertiary/aromatic N) is 2. The van der Waals surface area contributed by atoms with Crippen molar-refractivity contribution in [2.75, 3.05) is 5.32 Å². The van der Waals surface area contributed by atoms with E-state index in [0.29, 0.717) is 5.56 Å². The minimum atomic E-state index is -0.399. The first-order valence-corrected chi connectivity index (χ1v) is 5.89. The lowest BCUT2D eigenvalue weighted by molar-refractivity contribution is -0.385. The first-order valence-electron chi connectivity index (χ1n) is 5.89. The number of aromatic nitrogens is 1.